The van der Waals surface area contributed by atoms with Gasteiger partial charge in [-0.05, 0) is 44.1 Å². The lowest BCUT2D eigenvalue weighted by molar-refractivity contribution is -0.384. The Morgan fingerprint density at radius 2 is 2.11 bits per heavy atom. The monoisotopic (exact) mass is 393 g/mol. The van der Waals surface area contributed by atoms with Crippen LogP contribution in [-0.2, 0) is 11.3 Å². The van der Waals surface area contributed by atoms with E-state index in [4.69, 9.17) is 20.8 Å². The third-order valence-corrected chi connectivity index (χ3v) is 5.17. The van der Waals surface area contributed by atoms with Crippen LogP contribution in [0.2, 0.25) is 5.02 Å². The highest BCUT2D eigenvalue weighted by Crippen LogP contribution is 2.32. The first kappa shape index (κ1) is 19.8. The number of methoxy groups -OCH3 is 1. The average Bonchev–Trinajstić information content (AvgIpc) is 3.14. The molecule has 0 atom stereocenters. The minimum atomic E-state index is -0.465. The molecule has 2 heterocycles. The van der Waals surface area contributed by atoms with Crippen molar-refractivity contribution in [3.63, 3.8) is 0 Å². The average molecular weight is 394 g/mol. The number of hydrogen-bond acceptors (Lipinski definition) is 6. The number of nitrogens with zero attached hydrogens (tertiary/aromatic N) is 2. The number of nitrogens with one attached hydrogen (secondary N) is 1. The largest absolute Gasteiger partial charge is 0.460 e. The van der Waals surface area contributed by atoms with Gasteiger partial charge in [-0.15, -0.1) is 0 Å². The minimum Gasteiger partial charge on any atom is -0.460 e. The highest BCUT2D eigenvalue weighted by Gasteiger charge is 2.19. The summed E-state index contributed by atoms with van der Waals surface area (Å²) in [4.78, 5) is 12.8. The molecule has 1 N–H and O–H groups in total. The van der Waals surface area contributed by atoms with E-state index in [1.807, 2.05) is 12.1 Å². The van der Waals surface area contributed by atoms with Gasteiger partial charge in [0.15, 0.2) is 0 Å². The molecule has 1 fully saturated rings. The molecule has 1 aliphatic rings. The number of piperidine rings is 1. The van der Waals surface area contributed by atoms with Gasteiger partial charge in [-0.25, -0.2) is 0 Å². The lowest BCUT2D eigenvalue weighted by Crippen LogP contribution is -2.43. The number of ether oxygens (including phenoxy) is 1. The van der Waals surface area contributed by atoms with Gasteiger partial charge < -0.3 is 19.4 Å². The van der Waals surface area contributed by atoms with Gasteiger partial charge in [0.25, 0.3) is 5.69 Å². The van der Waals surface area contributed by atoms with E-state index in [0.29, 0.717) is 28.9 Å². The summed E-state index contributed by atoms with van der Waals surface area (Å²) in [5.74, 6) is 1.43. The Bertz CT molecular complexity index is 772. The summed E-state index contributed by atoms with van der Waals surface area (Å²) in [5.41, 5.74) is 0.619. The summed E-state index contributed by atoms with van der Waals surface area (Å²) in [6, 6.07) is 8.62. The van der Waals surface area contributed by atoms with Gasteiger partial charge in [0.2, 0.25) is 0 Å². The predicted octanol–water partition coefficient (Wildman–Crippen LogP) is 3.71. The van der Waals surface area contributed by atoms with Gasteiger partial charge in [-0.3, -0.25) is 10.1 Å². The van der Waals surface area contributed by atoms with E-state index in [1.165, 1.54) is 12.1 Å². The molecule has 0 saturated carbocycles. The molecular weight excluding hydrogens is 370 g/mol. The fourth-order valence-corrected chi connectivity index (χ4v) is 3.53. The molecule has 0 aliphatic carbocycles. The second-order valence-electron chi connectivity index (χ2n) is 6.68. The fourth-order valence-electron chi connectivity index (χ4n) is 3.26. The smallest absolute Gasteiger partial charge is 0.270 e. The summed E-state index contributed by atoms with van der Waals surface area (Å²) in [6.45, 7) is 4.55. The Kier molecular flexibility index (Phi) is 6.84. The van der Waals surface area contributed by atoms with Crippen molar-refractivity contribution >= 4 is 17.3 Å². The summed E-state index contributed by atoms with van der Waals surface area (Å²) in [6.07, 6.45) is 2.21. The molecule has 1 saturated heterocycles. The second kappa shape index (κ2) is 9.32. The van der Waals surface area contributed by atoms with Gasteiger partial charge in [0.1, 0.15) is 11.5 Å². The maximum absolute atomic E-state index is 10.8. The van der Waals surface area contributed by atoms with E-state index in [2.05, 4.69) is 10.2 Å². The van der Waals surface area contributed by atoms with E-state index in [1.54, 1.807) is 13.2 Å². The topological polar surface area (TPSA) is 80.8 Å². The molecule has 146 valence electrons. The Balaban J connectivity index is 1.52. The molecule has 2 aromatic rings. The van der Waals surface area contributed by atoms with Crippen molar-refractivity contribution in [3.05, 3.63) is 51.2 Å². The van der Waals surface area contributed by atoms with Crippen LogP contribution in [0.1, 0.15) is 18.6 Å². The van der Waals surface area contributed by atoms with E-state index < -0.39 is 4.92 Å². The zero-order chi connectivity index (χ0) is 19.2. The SMILES string of the molecule is COCCN1CCC(NCc2ccc(-c3ccc([N+](=O)[O-])cc3Cl)o2)CC1. The fraction of sp³-hybridized carbons (Fsp3) is 0.474. The molecule has 1 aromatic heterocycles. The highest BCUT2D eigenvalue weighted by atomic mass is 35.5. The van der Waals surface area contributed by atoms with E-state index in [0.717, 1.165) is 44.8 Å². The summed E-state index contributed by atoms with van der Waals surface area (Å²) < 4.78 is 11.0. The Morgan fingerprint density at radius 3 is 2.78 bits per heavy atom. The van der Waals surface area contributed by atoms with Crippen molar-refractivity contribution in [2.45, 2.75) is 25.4 Å². The molecule has 1 aliphatic heterocycles. The maximum Gasteiger partial charge on any atom is 0.270 e. The number of furan rings is 1. The lowest BCUT2D eigenvalue weighted by Gasteiger charge is -2.32. The maximum atomic E-state index is 10.8. The van der Waals surface area contributed by atoms with Crippen molar-refractivity contribution in [2.24, 2.45) is 0 Å². The van der Waals surface area contributed by atoms with Gasteiger partial charge in [-0.2, -0.15) is 0 Å². The zero-order valence-corrected chi connectivity index (χ0v) is 16.1. The number of halogens is 1. The zero-order valence-electron chi connectivity index (χ0n) is 15.3. The van der Waals surface area contributed by atoms with Gasteiger partial charge in [-0.1, -0.05) is 11.6 Å². The molecule has 7 nitrogen and oxygen atoms in total. The number of rotatable bonds is 8. The van der Waals surface area contributed by atoms with Gasteiger partial charge in [0.05, 0.1) is 23.1 Å². The molecule has 3 rings (SSSR count). The highest BCUT2D eigenvalue weighted by molar-refractivity contribution is 6.33. The molecule has 0 radical (unpaired) electrons. The Labute approximate surface area is 163 Å². The summed E-state index contributed by atoms with van der Waals surface area (Å²) in [7, 11) is 1.73. The number of nitro benzene ring substituents is 1. The molecule has 8 heteroatoms. The first-order valence-corrected chi connectivity index (χ1v) is 9.42. The van der Waals surface area contributed by atoms with Crippen LogP contribution in [0.25, 0.3) is 11.3 Å². The first-order valence-electron chi connectivity index (χ1n) is 9.04. The number of benzene rings is 1. The van der Waals surface area contributed by atoms with Crippen LogP contribution in [0.5, 0.6) is 0 Å². The van der Waals surface area contributed by atoms with E-state index in [9.17, 15) is 10.1 Å². The van der Waals surface area contributed by atoms with Crippen LogP contribution < -0.4 is 5.32 Å². The number of nitro groups is 1. The van der Waals surface area contributed by atoms with E-state index in [-0.39, 0.29) is 5.69 Å². The summed E-state index contributed by atoms with van der Waals surface area (Å²) >= 11 is 6.17. The molecule has 27 heavy (non-hydrogen) atoms. The molecular formula is C19H24ClN3O4. The van der Waals surface area contributed by atoms with Crippen molar-refractivity contribution < 1.29 is 14.1 Å². The molecule has 0 spiro atoms. The Hall–Kier alpha value is -1.93. The molecule has 0 unspecified atom stereocenters. The normalized spacial score (nSPS) is 15.9. The quantitative estimate of drug-likeness (QED) is 0.544. The predicted molar refractivity (Wildman–Crippen MR) is 104 cm³/mol. The third kappa shape index (κ3) is 5.29. The summed E-state index contributed by atoms with van der Waals surface area (Å²) in [5, 5.41) is 14.7. The van der Waals surface area contributed by atoms with Crippen LogP contribution in [0.3, 0.4) is 0 Å². The number of hydrogen-bond donors (Lipinski definition) is 1. The van der Waals surface area contributed by atoms with Crippen LogP contribution in [-0.4, -0.2) is 49.2 Å². The van der Waals surface area contributed by atoms with Crippen molar-refractivity contribution in [1.82, 2.24) is 10.2 Å². The van der Waals surface area contributed by atoms with Crippen molar-refractivity contribution in [1.29, 1.82) is 0 Å². The lowest BCUT2D eigenvalue weighted by atomic mass is 10.1. The van der Waals surface area contributed by atoms with Crippen molar-refractivity contribution in [2.75, 3.05) is 33.4 Å². The van der Waals surface area contributed by atoms with Gasteiger partial charge >= 0.3 is 0 Å². The second-order valence-corrected chi connectivity index (χ2v) is 7.08. The number of likely N-dealkylation sites (tertiary alicyclic amines) is 1. The third-order valence-electron chi connectivity index (χ3n) is 4.85. The van der Waals surface area contributed by atoms with Crippen molar-refractivity contribution in [3.8, 4) is 11.3 Å². The minimum absolute atomic E-state index is 0.0333. The van der Waals surface area contributed by atoms with Crippen LogP contribution in [0.15, 0.2) is 34.7 Å². The molecule has 1 aromatic carbocycles. The van der Waals surface area contributed by atoms with Crippen LogP contribution in [0, 0.1) is 10.1 Å². The molecule has 0 bridgehead atoms. The Morgan fingerprint density at radius 1 is 1.33 bits per heavy atom. The van der Waals surface area contributed by atoms with Crippen LogP contribution in [0.4, 0.5) is 5.69 Å². The van der Waals surface area contributed by atoms with E-state index >= 15 is 0 Å². The van der Waals surface area contributed by atoms with Crippen LogP contribution >= 0.6 is 11.6 Å². The van der Waals surface area contributed by atoms with Gasteiger partial charge in [0, 0.05) is 37.4 Å². The first-order chi connectivity index (χ1) is 13.1. The standard InChI is InChI=1S/C19H24ClN3O4/c1-26-11-10-22-8-6-14(7-9-22)21-13-16-3-5-19(27-16)17-4-2-15(23(24)25)12-18(17)20/h2-5,12,14,21H,6-11,13H2,1H3. The number of non-ortho nitro benzene ring substituents is 1. The molecule has 0 amide bonds.